The molecule has 138 valence electrons. The summed E-state index contributed by atoms with van der Waals surface area (Å²) in [5.41, 5.74) is 7.15. The van der Waals surface area contributed by atoms with Crippen LogP contribution in [-0.4, -0.2) is 6.09 Å². The van der Waals surface area contributed by atoms with Crippen molar-refractivity contribution in [3.8, 4) is 11.1 Å². The van der Waals surface area contributed by atoms with Crippen molar-refractivity contribution < 1.29 is 22.7 Å². The summed E-state index contributed by atoms with van der Waals surface area (Å²) in [4.78, 5) is 11.4. The molecule has 1 unspecified atom stereocenters. The number of benzene rings is 2. The van der Waals surface area contributed by atoms with Crippen LogP contribution in [0.3, 0.4) is 0 Å². The van der Waals surface area contributed by atoms with Gasteiger partial charge in [-0.05, 0) is 53.3 Å². The van der Waals surface area contributed by atoms with Crippen molar-refractivity contribution >= 4 is 6.09 Å². The van der Waals surface area contributed by atoms with Crippen LogP contribution in [-0.2, 0) is 17.3 Å². The minimum absolute atomic E-state index is 0.311. The highest BCUT2D eigenvalue weighted by Crippen LogP contribution is 2.46. The maximum atomic E-state index is 13.0. The molecule has 1 amide bonds. The van der Waals surface area contributed by atoms with Gasteiger partial charge < -0.3 is 10.5 Å². The van der Waals surface area contributed by atoms with Crippen LogP contribution >= 0.6 is 0 Å². The van der Waals surface area contributed by atoms with Crippen LogP contribution in [0, 0.1) is 5.41 Å². The van der Waals surface area contributed by atoms with Gasteiger partial charge in [-0.25, -0.2) is 4.79 Å². The van der Waals surface area contributed by atoms with E-state index in [1.165, 1.54) is 6.07 Å². The first-order valence-corrected chi connectivity index (χ1v) is 8.34. The van der Waals surface area contributed by atoms with Gasteiger partial charge in [-0.15, -0.1) is 0 Å². The van der Waals surface area contributed by atoms with E-state index in [4.69, 9.17) is 10.5 Å². The number of fused-ring (bicyclic) bond motifs is 1. The Labute approximate surface area is 150 Å². The van der Waals surface area contributed by atoms with Crippen LogP contribution < -0.4 is 5.73 Å². The molecule has 0 radical (unpaired) electrons. The zero-order valence-electron chi connectivity index (χ0n) is 14.6. The summed E-state index contributed by atoms with van der Waals surface area (Å²) in [7, 11) is 0. The minimum atomic E-state index is -4.40. The Hall–Kier alpha value is -2.50. The number of rotatable bonds is 2. The van der Waals surface area contributed by atoms with Gasteiger partial charge in [0.25, 0.3) is 0 Å². The Bertz CT molecular complexity index is 843. The van der Waals surface area contributed by atoms with Crippen LogP contribution in [0.15, 0.2) is 42.5 Å². The lowest BCUT2D eigenvalue weighted by Crippen LogP contribution is -2.33. The van der Waals surface area contributed by atoms with Crippen LogP contribution in [0.1, 0.15) is 43.1 Å². The number of amides is 1. The van der Waals surface area contributed by atoms with Crippen molar-refractivity contribution in [2.75, 3.05) is 0 Å². The molecule has 26 heavy (non-hydrogen) atoms. The molecular formula is C20H20F3NO2. The van der Waals surface area contributed by atoms with Crippen LogP contribution in [0.25, 0.3) is 11.1 Å². The minimum Gasteiger partial charge on any atom is -0.441 e. The fourth-order valence-electron chi connectivity index (χ4n) is 3.47. The Morgan fingerprint density at radius 1 is 1.15 bits per heavy atom. The van der Waals surface area contributed by atoms with Gasteiger partial charge >= 0.3 is 12.3 Å². The zero-order chi connectivity index (χ0) is 19.1. The normalized spacial score (nSPS) is 18.9. The van der Waals surface area contributed by atoms with Crippen LogP contribution in [0.5, 0.6) is 0 Å². The third-order valence-corrected chi connectivity index (χ3v) is 4.93. The highest BCUT2D eigenvalue weighted by atomic mass is 19.4. The summed E-state index contributed by atoms with van der Waals surface area (Å²) in [6.07, 6.45) is -4.16. The van der Waals surface area contributed by atoms with E-state index in [1.807, 2.05) is 19.9 Å². The number of nitrogens with two attached hydrogens (primary N) is 1. The Morgan fingerprint density at radius 3 is 2.50 bits per heavy atom. The molecule has 0 saturated carbocycles. The number of ether oxygens (including phenoxy) is 1. The summed E-state index contributed by atoms with van der Waals surface area (Å²) < 4.78 is 44.3. The molecule has 0 fully saturated rings. The molecule has 0 saturated heterocycles. The second-order valence-electron chi connectivity index (χ2n) is 7.30. The van der Waals surface area contributed by atoms with Gasteiger partial charge in [0.2, 0.25) is 0 Å². The van der Waals surface area contributed by atoms with E-state index in [9.17, 15) is 18.0 Å². The van der Waals surface area contributed by atoms with Gasteiger partial charge in [-0.2, -0.15) is 13.2 Å². The van der Waals surface area contributed by atoms with Crippen LogP contribution in [0.4, 0.5) is 18.0 Å². The van der Waals surface area contributed by atoms with Crippen molar-refractivity contribution in [3.63, 3.8) is 0 Å². The first kappa shape index (κ1) is 18.3. The van der Waals surface area contributed by atoms with E-state index in [2.05, 4.69) is 0 Å². The van der Waals surface area contributed by atoms with E-state index < -0.39 is 23.9 Å². The maximum absolute atomic E-state index is 13.0. The van der Waals surface area contributed by atoms with Gasteiger partial charge in [-0.1, -0.05) is 38.1 Å². The second kappa shape index (κ2) is 6.34. The lowest BCUT2D eigenvalue weighted by atomic mass is 9.71. The van der Waals surface area contributed by atoms with Gasteiger partial charge in [-0.3, -0.25) is 0 Å². The standard InChI is InChI=1S/C20H20F3NO2/c1-19(2)9-8-12-6-7-14(11-16(12)17(19)26-18(24)25)13-4-3-5-15(10-13)20(21,22)23/h3-7,10-11,17H,8-9H2,1-2H3,(H2,24,25). The third-order valence-electron chi connectivity index (χ3n) is 4.93. The fraction of sp³-hybridized carbons (Fsp3) is 0.350. The number of aryl methyl sites for hydroxylation is 1. The van der Waals surface area contributed by atoms with Gasteiger partial charge in [0.15, 0.2) is 0 Å². The van der Waals surface area contributed by atoms with E-state index >= 15 is 0 Å². The molecule has 3 rings (SSSR count). The number of hydrogen-bond donors (Lipinski definition) is 1. The Balaban J connectivity index is 2.07. The summed E-state index contributed by atoms with van der Waals surface area (Å²) in [5, 5.41) is 0. The summed E-state index contributed by atoms with van der Waals surface area (Å²) in [6, 6.07) is 10.7. The molecule has 1 atom stereocenters. The second-order valence-corrected chi connectivity index (χ2v) is 7.30. The predicted molar refractivity (Wildman–Crippen MR) is 92.4 cm³/mol. The molecule has 3 nitrogen and oxygen atoms in total. The lowest BCUT2D eigenvalue weighted by molar-refractivity contribution is -0.137. The average molecular weight is 363 g/mol. The van der Waals surface area contributed by atoms with Crippen molar-refractivity contribution in [1.82, 2.24) is 0 Å². The fourth-order valence-corrected chi connectivity index (χ4v) is 3.47. The monoisotopic (exact) mass is 363 g/mol. The first-order chi connectivity index (χ1) is 12.1. The number of carbonyl (C=O) groups excluding carboxylic acids is 1. The maximum Gasteiger partial charge on any atom is 0.416 e. The molecule has 0 spiro atoms. The highest BCUT2D eigenvalue weighted by molar-refractivity contribution is 5.68. The number of halogens is 3. The lowest BCUT2D eigenvalue weighted by Gasteiger charge is -2.39. The quantitative estimate of drug-likeness (QED) is 0.768. The zero-order valence-corrected chi connectivity index (χ0v) is 14.6. The molecule has 1 aliphatic rings. The Morgan fingerprint density at radius 2 is 1.85 bits per heavy atom. The molecule has 2 N–H and O–H groups in total. The number of hydrogen-bond acceptors (Lipinski definition) is 2. The molecule has 0 bridgehead atoms. The van der Waals surface area contributed by atoms with E-state index in [-0.39, 0.29) is 5.41 Å². The first-order valence-electron chi connectivity index (χ1n) is 8.34. The van der Waals surface area contributed by atoms with Crippen LogP contribution in [0.2, 0.25) is 0 Å². The molecule has 0 aromatic heterocycles. The molecule has 0 aliphatic heterocycles. The third kappa shape index (κ3) is 3.54. The van der Waals surface area contributed by atoms with Gasteiger partial charge in [0.1, 0.15) is 6.10 Å². The topological polar surface area (TPSA) is 52.3 Å². The molecule has 6 heteroatoms. The van der Waals surface area contributed by atoms with Crippen molar-refractivity contribution in [2.24, 2.45) is 11.1 Å². The van der Waals surface area contributed by atoms with Crippen molar-refractivity contribution in [1.29, 1.82) is 0 Å². The number of alkyl halides is 3. The largest absolute Gasteiger partial charge is 0.441 e. The van der Waals surface area contributed by atoms with E-state index in [0.717, 1.165) is 36.1 Å². The van der Waals surface area contributed by atoms with Gasteiger partial charge in [0.05, 0.1) is 5.56 Å². The summed E-state index contributed by atoms with van der Waals surface area (Å²) >= 11 is 0. The number of carbonyl (C=O) groups is 1. The predicted octanol–water partition coefficient (Wildman–Crippen LogP) is 5.48. The molecule has 1 aliphatic carbocycles. The van der Waals surface area contributed by atoms with Crippen molar-refractivity contribution in [3.05, 3.63) is 59.2 Å². The summed E-state index contributed by atoms with van der Waals surface area (Å²) in [6.45, 7) is 3.97. The highest BCUT2D eigenvalue weighted by Gasteiger charge is 2.38. The van der Waals surface area contributed by atoms with E-state index in [0.29, 0.717) is 11.1 Å². The van der Waals surface area contributed by atoms with Crippen molar-refractivity contribution in [2.45, 2.75) is 39.0 Å². The molecule has 2 aromatic carbocycles. The smallest absolute Gasteiger partial charge is 0.416 e. The number of primary amides is 1. The molecular weight excluding hydrogens is 343 g/mol. The van der Waals surface area contributed by atoms with E-state index in [1.54, 1.807) is 18.2 Å². The average Bonchev–Trinajstić information content (AvgIpc) is 2.56. The SMILES string of the molecule is CC1(C)CCc2ccc(-c3cccc(C(F)(F)F)c3)cc2C1OC(N)=O. The molecule has 2 aromatic rings. The van der Waals surface area contributed by atoms with Gasteiger partial charge in [0, 0.05) is 5.41 Å². The Kier molecular flexibility index (Phi) is 4.46. The summed E-state index contributed by atoms with van der Waals surface area (Å²) in [5.74, 6) is 0. The molecule has 0 heterocycles.